The first kappa shape index (κ1) is 9.12. The predicted octanol–water partition coefficient (Wildman–Crippen LogP) is 2.37. The van der Waals surface area contributed by atoms with Crippen LogP contribution in [-0.2, 0) is 0 Å². The quantitative estimate of drug-likeness (QED) is 0.550. The number of rotatable bonds is 1. The Bertz CT molecular complexity index is 315. The second-order valence-electron chi connectivity index (χ2n) is 2.45. The number of hydrogen-bond acceptors (Lipinski definition) is 3. The molecule has 4 nitrogen and oxygen atoms in total. The molecule has 0 aliphatic heterocycles. The number of halogens is 1. The molecule has 0 bridgehead atoms. The standard InChI is InChI=1S/C7H7BrN2O2/c1-4-3-6(10(11)12)9-5(2)7(4)8/h3H,1-2H3. The van der Waals surface area contributed by atoms with Gasteiger partial charge in [-0.25, -0.2) is 0 Å². The van der Waals surface area contributed by atoms with Gasteiger partial charge in [-0.05, 0) is 38.3 Å². The summed E-state index contributed by atoms with van der Waals surface area (Å²) in [5.41, 5.74) is 1.47. The minimum atomic E-state index is -0.494. The summed E-state index contributed by atoms with van der Waals surface area (Å²) in [5.74, 6) is -0.104. The zero-order chi connectivity index (χ0) is 9.30. The fraction of sp³-hybridized carbons (Fsp3) is 0.286. The lowest BCUT2D eigenvalue weighted by Gasteiger charge is -1.98. The van der Waals surface area contributed by atoms with Crippen LogP contribution >= 0.6 is 15.9 Å². The molecule has 0 unspecified atom stereocenters. The summed E-state index contributed by atoms with van der Waals surface area (Å²) in [6.07, 6.45) is 0. The maximum absolute atomic E-state index is 10.3. The van der Waals surface area contributed by atoms with Crippen LogP contribution in [0.25, 0.3) is 0 Å². The first-order valence-corrected chi connectivity index (χ1v) is 4.10. The van der Waals surface area contributed by atoms with Gasteiger partial charge in [-0.15, -0.1) is 0 Å². The Morgan fingerprint density at radius 3 is 2.58 bits per heavy atom. The van der Waals surface area contributed by atoms with Crippen molar-refractivity contribution < 1.29 is 4.92 Å². The van der Waals surface area contributed by atoms with Crippen molar-refractivity contribution in [2.75, 3.05) is 0 Å². The Hall–Kier alpha value is -0.970. The Balaban J connectivity index is 3.31. The Labute approximate surface area is 77.9 Å². The zero-order valence-electron chi connectivity index (χ0n) is 6.67. The smallest absolute Gasteiger partial charge is 0.358 e. The lowest BCUT2D eigenvalue weighted by molar-refractivity contribution is -0.389. The molecule has 0 atom stereocenters. The number of nitrogens with zero attached hydrogens (tertiary/aromatic N) is 2. The third-order valence-corrected chi connectivity index (χ3v) is 2.68. The molecule has 0 aliphatic rings. The minimum absolute atomic E-state index is 0.104. The van der Waals surface area contributed by atoms with E-state index in [1.165, 1.54) is 6.07 Å². The highest BCUT2D eigenvalue weighted by molar-refractivity contribution is 9.10. The van der Waals surface area contributed by atoms with Crippen molar-refractivity contribution in [2.24, 2.45) is 0 Å². The van der Waals surface area contributed by atoms with Gasteiger partial charge in [0.15, 0.2) is 5.69 Å². The van der Waals surface area contributed by atoms with Crippen LogP contribution in [0.1, 0.15) is 11.3 Å². The average molecular weight is 231 g/mol. The molecule has 12 heavy (non-hydrogen) atoms. The lowest BCUT2D eigenvalue weighted by atomic mass is 10.2. The number of pyridine rings is 1. The predicted molar refractivity (Wildman–Crippen MR) is 48.1 cm³/mol. The van der Waals surface area contributed by atoms with Crippen LogP contribution < -0.4 is 0 Å². The van der Waals surface area contributed by atoms with Gasteiger partial charge in [-0.1, -0.05) is 0 Å². The van der Waals surface area contributed by atoms with Gasteiger partial charge >= 0.3 is 5.82 Å². The summed E-state index contributed by atoms with van der Waals surface area (Å²) in [4.78, 5) is 13.6. The topological polar surface area (TPSA) is 56.0 Å². The Kier molecular flexibility index (Phi) is 2.42. The average Bonchev–Trinajstić information content (AvgIpc) is 1.99. The van der Waals surface area contributed by atoms with Gasteiger partial charge < -0.3 is 10.1 Å². The second kappa shape index (κ2) is 3.18. The largest absolute Gasteiger partial charge is 0.363 e. The van der Waals surface area contributed by atoms with Crippen molar-refractivity contribution >= 4 is 21.7 Å². The highest BCUT2D eigenvalue weighted by atomic mass is 79.9. The molecule has 0 saturated heterocycles. The summed E-state index contributed by atoms with van der Waals surface area (Å²) in [6.45, 7) is 3.52. The van der Waals surface area contributed by atoms with Crippen LogP contribution in [0.4, 0.5) is 5.82 Å². The second-order valence-corrected chi connectivity index (χ2v) is 3.25. The summed E-state index contributed by atoms with van der Waals surface area (Å²) in [6, 6.07) is 1.44. The van der Waals surface area contributed by atoms with E-state index in [1.54, 1.807) is 13.8 Å². The third kappa shape index (κ3) is 1.61. The lowest BCUT2D eigenvalue weighted by Crippen LogP contribution is -1.96. The molecule has 0 radical (unpaired) electrons. The molecule has 0 N–H and O–H groups in total. The van der Waals surface area contributed by atoms with Crippen LogP contribution in [-0.4, -0.2) is 9.91 Å². The SMILES string of the molecule is Cc1cc([N+](=O)[O-])nc(C)c1Br. The Morgan fingerprint density at radius 1 is 1.58 bits per heavy atom. The highest BCUT2D eigenvalue weighted by Crippen LogP contribution is 2.22. The van der Waals surface area contributed by atoms with Gasteiger partial charge in [0.2, 0.25) is 0 Å². The molecule has 0 amide bonds. The van der Waals surface area contributed by atoms with Crippen LogP contribution in [0.3, 0.4) is 0 Å². The van der Waals surface area contributed by atoms with E-state index in [-0.39, 0.29) is 5.82 Å². The molecule has 0 spiro atoms. The van der Waals surface area contributed by atoms with Crippen LogP contribution in [0, 0.1) is 24.0 Å². The fourth-order valence-electron chi connectivity index (χ4n) is 0.889. The summed E-state index contributed by atoms with van der Waals surface area (Å²) in [5, 5.41) is 10.3. The van der Waals surface area contributed by atoms with Gasteiger partial charge in [0, 0.05) is 13.0 Å². The number of nitro groups is 1. The van der Waals surface area contributed by atoms with Gasteiger partial charge in [-0.2, -0.15) is 0 Å². The molecule has 1 rings (SSSR count). The van der Waals surface area contributed by atoms with Crippen molar-refractivity contribution in [3.05, 3.63) is 31.9 Å². The van der Waals surface area contributed by atoms with E-state index in [4.69, 9.17) is 0 Å². The van der Waals surface area contributed by atoms with E-state index < -0.39 is 4.92 Å². The van der Waals surface area contributed by atoms with Crippen molar-refractivity contribution in [1.82, 2.24) is 4.98 Å². The van der Waals surface area contributed by atoms with Gasteiger partial charge in [-0.3, -0.25) is 0 Å². The van der Waals surface area contributed by atoms with Crippen molar-refractivity contribution in [2.45, 2.75) is 13.8 Å². The van der Waals surface area contributed by atoms with E-state index in [0.717, 1.165) is 10.0 Å². The van der Waals surface area contributed by atoms with Gasteiger partial charge in [0.1, 0.15) is 0 Å². The van der Waals surface area contributed by atoms with Gasteiger partial charge in [0.05, 0.1) is 4.47 Å². The number of aromatic nitrogens is 1. The normalized spacial score (nSPS) is 9.92. The molecule has 0 aliphatic carbocycles. The fourth-order valence-corrected chi connectivity index (χ4v) is 1.09. The maximum Gasteiger partial charge on any atom is 0.363 e. The Morgan fingerprint density at radius 2 is 2.17 bits per heavy atom. The van der Waals surface area contributed by atoms with E-state index >= 15 is 0 Å². The molecule has 1 aromatic heterocycles. The molecule has 0 aromatic carbocycles. The maximum atomic E-state index is 10.3. The molecule has 5 heteroatoms. The van der Waals surface area contributed by atoms with Crippen molar-refractivity contribution in [3.8, 4) is 0 Å². The summed E-state index contributed by atoms with van der Waals surface area (Å²) in [7, 11) is 0. The molecular weight excluding hydrogens is 224 g/mol. The number of aryl methyl sites for hydroxylation is 2. The number of hydrogen-bond donors (Lipinski definition) is 0. The minimum Gasteiger partial charge on any atom is -0.358 e. The van der Waals surface area contributed by atoms with Crippen LogP contribution in [0.2, 0.25) is 0 Å². The molecule has 1 aromatic rings. The third-order valence-electron chi connectivity index (χ3n) is 1.48. The molecule has 0 fully saturated rings. The molecule has 0 saturated carbocycles. The molecular formula is C7H7BrN2O2. The first-order chi connectivity index (χ1) is 5.52. The van der Waals surface area contributed by atoms with Crippen molar-refractivity contribution in [3.63, 3.8) is 0 Å². The summed E-state index contributed by atoms with van der Waals surface area (Å²) >= 11 is 3.28. The highest BCUT2D eigenvalue weighted by Gasteiger charge is 2.12. The van der Waals surface area contributed by atoms with E-state index in [0.29, 0.717) is 5.69 Å². The summed E-state index contributed by atoms with van der Waals surface area (Å²) < 4.78 is 0.827. The molecule has 64 valence electrons. The van der Waals surface area contributed by atoms with Crippen LogP contribution in [0.15, 0.2) is 10.5 Å². The van der Waals surface area contributed by atoms with E-state index in [1.807, 2.05) is 0 Å². The van der Waals surface area contributed by atoms with E-state index in [9.17, 15) is 10.1 Å². The van der Waals surface area contributed by atoms with E-state index in [2.05, 4.69) is 20.9 Å². The monoisotopic (exact) mass is 230 g/mol. The first-order valence-electron chi connectivity index (χ1n) is 3.30. The van der Waals surface area contributed by atoms with Crippen molar-refractivity contribution in [1.29, 1.82) is 0 Å². The van der Waals surface area contributed by atoms with Crippen LogP contribution in [0.5, 0.6) is 0 Å². The molecule has 1 heterocycles. The van der Waals surface area contributed by atoms with Gasteiger partial charge in [0.25, 0.3) is 0 Å². The zero-order valence-corrected chi connectivity index (χ0v) is 8.25.